The van der Waals surface area contributed by atoms with E-state index in [4.69, 9.17) is 9.47 Å². The quantitative estimate of drug-likeness (QED) is 0.338. The summed E-state index contributed by atoms with van der Waals surface area (Å²) in [7, 11) is 1.18. The highest BCUT2D eigenvalue weighted by Crippen LogP contribution is 2.38. The van der Waals surface area contributed by atoms with E-state index in [9.17, 15) is 23.6 Å². The first kappa shape index (κ1) is 27.2. The van der Waals surface area contributed by atoms with Gasteiger partial charge in [-0.05, 0) is 73.6 Å². The van der Waals surface area contributed by atoms with Crippen LogP contribution in [0.2, 0.25) is 0 Å². The van der Waals surface area contributed by atoms with E-state index in [1.165, 1.54) is 44.4 Å². The van der Waals surface area contributed by atoms with Crippen molar-refractivity contribution in [3.63, 3.8) is 0 Å². The number of anilines is 1. The van der Waals surface area contributed by atoms with Gasteiger partial charge in [-0.15, -0.1) is 0 Å². The lowest BCUT2D eigenvalue weighted by molar-refractivity contribution is -0.148. The number of carbonyl (C=O) groups is 4. The Balaban J connectivity index is 1.78. The average molecular weight is 581 g/mol. The molecule has 3 rings (SSSR count). The van der Waals surface area contributed by atoms with Gasteiger partial charge in [0.1, 0.15) is 11.9 Å². The number of benzene rings is 2. The summed E-state index contributed by atoms with van der Waals surface area (Å²) in [5.41, 5.74) is 0.930. The first-order valence-electron chi connectivity index (χ1n) is 10.6. The van der Waals surface area contributed by atoms with Gasteiger partial charge in [0.25, 0.3) is 17.1 Å². The van der Waals surface area contributed by atoms with E-state index in [0.717, 1.165) is 4.90 Å². The van der Waals surface area contributed by atoms with E-state index < -0.39 is 34.9 Å². The van der Waals surface area contributed by atoms with E-state index in [1.807, 2.05) is 0 Å². The minimum absolute atomic E-state index is 0.117. The fourth-order valence-electron chi connectivity index (χ4n) is 3.15. The molecule has 12 heteroatoms. The summed E-state index contributed by atoms with van der Waals surface area (Å²) >= 11 is 4.11. The zero-order valence-electron chi connectivity index (χ0n) is 19.5. The second-order valence-electron chi connectivity index (χ2n) is 7.35. The monoisotopic (exact) mass is 580 g/mol. The fraction of sp³-hybridized carbons (Fsp3) is 0.250. The molecule has 1 aliphatic heterocycles. The maximum Gasteiger partial charge on any atom is 0.328 e. The van der Waals surface area contributed by atoms with Crippen LogP contribution < -0.4 is 14.8 Å². The number of halogens is 2. The van der Waals surface area contributed by atoms with Crippen LogP contribution in [0, 0.1) is 5.82 Å². The normalized spacial score (nSPS) is 15.1. The minimum Gasteiger partial charge on any atom is -0.490 e. The Morgan fingerprint density at radius 1 is 1.17 bits per heavy atom. The highest BCUT2D eigenvalue weighted by molar-refractivity contribution is 9.10. The molecule has 0 unspecified atom stereocenters. The Morgan fingerprint density at radius 3 is 2.47 bits per heavy atom. The van der Waals surface area contributed by atoms with Crippen LogP contribution in [0.4, 0.5) is 14.9 Å². The molecule has 0 spiro atoms. The molecule has 36 heavy (non-hydrogen) atoms. The number of hydrogen-bond acceptors (Lipinski definition) is 8. The average Bonchev–Trinajstić information content (AvgIpc) is 3.13. The van der Waals surface area contributed by atoms with Gasteiger partial charge in [0.15, 0.2) is 18.1 Å². The first-order chi connectivity index (χ1) is 17.1. The molecule has 1 fully saturated rings. The van der Waals surface area contributed by atoms with Gasteiger partial charge < -0.3 is 19.5 Å². The molecule has 0 radical (unpaired) electrons. The van der Waals surface area contributed by atoms with Gasteiger partial charge in [0, 0.05) is 10.2 Å². The zero-order valence-corrected chi connectivity index (χ0v) is 21.9. The smallest absolute Gasteiger partial charge is 0.328 e. The van der Waals surface area contributed by atoms with Crippen LogP contribution in [0.15, 0.2) is 45.8 Å². The van der Waals surface area contributed by atoms with Crippen molar-refractivity contribution < 1.29 is 37.8 Å². The standard InChI is InChI=1S/C24H22BrFN2O7S/c1-4-34-18-9-14(10-20-22(30)28(24(32)36-20)13(2)23(31)33-3)17(25)11-19(18)35-12-21(29)27-16-7-5-15(26)6-8-16/h5-11,13H,4,12H2,1-3H3,(H,27,29)/b20-10+/t13-/m1/s1. The summed E-state index contributed by atoms with van der Waals surface area (Å²) in [6.45, 7) is 3.14. The Kier molecular flexibility index (Phi) is 9.10. The molecule has 9 nitrogen and oxygen atoms in total. The summed E-state index contributed by atoms with van der Waals surface area (Å²) in [6, 6.07) is 7.42. The lowest BCUT2D eigenvalue weighted by atomic mass is 10.1. The summed E-state index contributed by atoms with van der Waals surface area (Å²) < 4.78 is 29.4. The molecule has 1 heterocycles. The largest absolute Gasteiger partial charge is 0.490 e. The van der Waals surface area contributed by atoms with Crippen molar-refractivity contribution in [1.29, 1.82) is 0 Å². The lowest BCUT2D eigenvalue weighted by Crippen LogP contribution is -2.42. The molecule has 0 saturated carbocycles. The number of nitrogens with one attached hydrogen (secondary N) is 1. The van der Waals surface area contributed by atoms with Gasteiger partial charge in [0.05, 0.1) is 18.6 Å². The van der Waals surface area contributed by atoms with Crippen molar-refractivity contribution in [3.8, 4) is 11.5 Å². The number of amides is 3. The SMILES string of the molecule is CCOc1cc(/C=C2/SC(=O)N([C@H](C)C(=O)OC)C2=O)c(Br)cc1OCC(=O)Nc1ccc(F)cc1. The van der Waals surface area contributed by atoms with Crippen molar-refractivity contribution in [2.75, 3.05) is 25.6 Å². The summed E-state index contributed by atoms with van der Waals surface area (Å²) in [5.74, 6) is -1.63. The summed E-state index contributed by atoms with van der Waals surface area (Å²) in [6.07, 6.45) is 1.49. The molecule has 3 amide bonds. The third kappa shape index (κ3) is 6.43. The highest BCUT2D eigenvalue weighted by Gasteiger charge is 2.41. The molecule has 0 bridgehead atoms. The molecule has 0 aromatic heterocycles. The van der Waals surface area contributed by atoms with E-state index >= 15 is 0 Å². The highest BCUT2D eigenvalue weighted by atomic mass is 79.9. The van der Waals surface area contributed by atoms with Gasteiger partial charge >= 0.3 is 5.97 Å². The molecule has 190 valence electrons. The maximum absolute atomic E-state index is 13.0. The molecule has 2 aromatic carbocycles. The number of nitrogens with zero attached hydrogens (tertiary/aromatic N) is 1. The van der Waals surface area contributed by atoms with Gasteiger partial charge in [-0.2, -0.15) is 0 Å². The number of imide groups is 1. The number of ether oxygens (including phenoxy) is 3. The lowest BCUT2D eigenvalue weighted by Gasteiger charge is -2.18. The Hall–Kier alpha value is -3.38. The van der Waals surface area contributed by atoms with Gasteiger partial charge in [-0.1, -0.05) is 15.9 Å². The van der Waals surface area contributed by atoms with Crippen LogP contribution >= 0.6 is 27.7 Å². The second-order valence-corrected chi connectivity index (χ2v) is 9.20. The molecule has 0 aliphatic carbocycles. The van der Waals surface area contributed by atoms with Crippen molar-refractivity contribution in [2.24, 2.45) is 0 Å². The summed E-state index contributed by atoms with van der Waals surface area (Å²) in [5, 5.41) is 2.01. The van der Waals surface area contributed by atoms with Crippen molar-refractivity contribution in [2.45, 2.75) is 19.9 Å². The van der Waals surface area contributed by atoms with Crippen molar-refractivity contribution >= 4 is 62.5 Å². The van der Waals surface area contributed by atoms with E-state index in [1.54, 1.807) is 19.1 Å². The first-order valence-corrected chi connectivity index (χ1v) is 12.2. The predicted octanol–water partition coefficient (Wildman–Crippen LogP) is 4.60. The third-order valence-corrected chi connectivity index (χ3v) is 6.46. The number of rotatable bonds is 9. The van der Waals surface area contributed by atoms with E-state index in [-0.39, 0.29) is 17.3 Å². The van der Waals surface area contributed by atoms with Crippen LogP contribution in [-0.4, -0.2) is 54.3 Å². The molecule has 1 saturated heterocycles. The molecular formula is C24H22BrFN2O7S. The molecule has 1 atom stereocenters. The maximum atomic E-state index is 13.0. The second kappa shape index (κ2) is 12.0. The van der Waals surface area contributed by atoms with Crippen molar-refractivity contribution in [3.05, 3.63) is 57.2 Å². The number of esters is 1. The van der Waals surface area contributed by atoms with Crippen LogP contribution in [0.3, 0.4) is 0 Å². The van der Waals surface area contributed by atoms with Gasteiger partial charge in [-0.3, -0.25) is 19.3 Å². The number of methoxy groups -OCH3 is 1. The Labute approximate surface area is 219 Å². The molecule has 1 N–H and O–H groups in total. The molecule has 2 aromatic rings. The van der Waals surface area contributed by atoms with Crippen LogP contribution in [0.25, 0.3) is 6.08 Å². The predicted molar refractivity (Wildman–Crippen MR) is 135 cm³/mol. The Morgan fingerprint density at radius 2 is 1.83 bits per heavy atom. The van der Waals surface area contributed by atoms with Crippen LogP contribution in [0.5, 0.6) is 11.5 Å². The number of thioether (sulfide) groups is 1. The zero-order chi connectivity index (χ0) is 26.4. The number of carbonyl (C=O) groups excluding carboxylic acids is 4. The van der Waals surface area contributed by atoms with E-state index in [2.05, 4.69) is 26.0 Å². The minimum atomic E-state index is -1.06. The van der Waals surface area contributed by atoms with Crippen LogP contribution in [0.1, 0.15) is 19.4 Å². The van der Waals surface area contributed by atoms with Gasteiger partial charge in [0.2, 0.25) is 0 Å². The topological polar surface area (TPSA) is 111 Å². The van der Waals surface area contributed by atoms with Crippen LogP contribution in [-0.2, 0) is 19.1 Å². The van der Waals surface area contributed by atoms with Gasteiger partial charge in [-0.25, -0.2) is 9.18 Å². The Bertz CT molecular complexity index is 1220. The van der Waals surface area contributed by atoms with Crippen molar-refractivity contribution in [1.82, 2.24) is 4.90 Å². The third-order valence-electron chi connectivity index (χ3n) is 4.89. The molecule has 1 aliphatic rings. The molecular weight excluding hydrogens is 559 g/mol. The number of hydrogen-bond donors (Lipinski definition) is 1. The fourth-order valence-corrected chi connectivity index (χ4v) is 4.48. The summed E-state index contributed by atoms with van der Waals surface area (Å²) in [4.78, 5) is 50.2. The van der Waals surface area contributed by atoms with E-state index in [0.29, 0.717) is 39.8 Å².